The maximum atomic E-state index is 12.3. The van der Waals surface area contributed by atoms with Crippen LogP contribution in [0.1, 0.15) is 12.5 Å². The number of rotatable bonds is 7. The van der Waals surface area contributed by atoms with Crippen molar-refractivity contribution < 1.29 is 17.9 Å². The summed E-state index contributed by atoms with van der Waals surface area (Å²) in [7, 11) is -2.29. The van der Waals surface area contributed by atoms with Crippen molar-refractivity contribution in [3.8, 4) is 5.75 Å². The van der Waals surface area contributed by atoms with Gasteiger partial charge in [-0.05, 0) is 42.8 Å². The van der Waals surface area contributed by atoms with Gasteiger partial charge in [0.25, 0.3) is 5.91 Å². The first kappa shape index (κ1) is 22.0. The van der Waals surface area contributed by atoms with Gasteiger partial charge in [-0.3, -0.25) is 9.10 Å². The maximum absolute atomic E-state index is 12.3. The Bertz CT molecular complexity index is 992. The van der Waals surface area contributed by atoms with Crippen LogP contribution in [0.4, 0.5) is 5.69 Å². The zero-order valence-electron chi connectivity index (χ0n) is 15.4. The molecule has 1 N–H and O–H groups in total. The molecule has 0 fully saturated rings. The van der Waals surface area contributed by atoms with E-state index in [0.717, 1.165) is 16.1 Å². The molecule has 0 aliphatic heterocycles. The van der Waals surface area contributed by atoms with Crippen LogP contribution in [0.5, 0.6) is 5.75 Å². The molecular formula is C18H19Cl2N3O4S. The molecule has 0 bridgehead atoms. The van der Waals surface area contributed by atoms with E-state index in [1.165, 1.54) is 25.3 Å². The number of nitrogens with one attached hydrogen (secondary N) is 1. The standard InChI is InChI=1S/C18H19Cl2N3O4S/c1-12(13-4-6-14(19)7-5-13)21-22-18(24)11-23(28(3,25)26)15-8-9-17(27-2)16(20)10-15/h4-10H,11H2,1-3H3,(H,22,24)/b21-12-. The highest BCUT2D eigenvalue weighted by Crippen LogP contribution is 2.30. The number of ether oxygens (including phenoxy) is 1. The Morgan fingerprint density at radius 1 is 1.18 bits per heavy atom. The number of carbonyl (C=O) groups excluding carboxylic acids is 1. The first-order chi connectivity index (χ1) is 13.1. The number of sulfonamides is 1. The quantitative estimate of drug-likeness (QED) is 0.524. The molecule has 0 heterocycles. The molecule has 0 atom stereocenters. The van der Waals surface area contributed by atoms with Crippen molar-refractivity contribution in [2.75, 3.05) is 24.2 Å². The summed E-state index contributed by atoms with van der Waals surface area (Å²) in [5.41, 5.74) is 3.91. The SMILES string of the molecule is COc1ccc(N(CC(=O)N/N=C(/C)c2ccc(Cl)cc2)S(C)(=O)=O)cc1Cl. The van der Waals surface area contributed by atoms with Crippen LogP contribution >= 0.6 is 23.2 Å². The molecule has 0 aromatic heterocycles. The van der Waals surface area contributed by atoms with Gasteiger partial charge in [-0.15, -0.1) is 0 Å². The molecular weight excluding hydrogens is 425 g/mol. The van der Waals surface area contributed by atoms with Crippen LogP contribution in [0.2, 0.25) is 10.0 Å². The molecule has 0 saturated heterocycles. The van der Waals surface area contributed by atoms with E-state index in [-0.39, 0.29) is 10.7 Å². The lowest BCUT2D eigenvalue weighted by Crippen LogP contribution is -2.39. The summed E-state index contributed by atoms with van der Waals surface area (Å²) >= 11 is 11.9. The number of carbonyl (C=O) groups is 1. The number of methoxy groups -OCH3 is 1. The van der Waals surface area contributed by atoms with E-state index in [4.69, 9.17) is 27.9 Å². The van der Waals surface area contributed by atoms with Crippen LogP contribution in [-0.2, 0) is 14.8 Å². The minimum Gasteiger partial charge on any atom is -0.495 e. The summed E-state index contributed by atoms with van der Waals surface area (Å²) in [5.74, 6) is -0.211. The van der Waals surface area contributed by atoms with E-state index in [2.05, 4.69) is 10.5 Å². The summed E-state index contributed by atoms with van der Waals surface area (Å²) in [6.45, 7) is 1.25. The Balaban J connectivity index is 2.16. The van der Waals surface area contributed by atoms with Crippen LogP contribution in [0, 0.1) is 0 Å². The van der Waals surface area contributed by atoms with Gasteiger partial charge in [0.05, 0.1) is 29.8 Å². The second-order valence-electron chi connectivity index (χ2n) is 5.83. The zero-order chi connectivity index (χ0) is 20.9. The van der Waals surface area contributed by atoms with E-state index in [0.29, 0.717) is 16.5 Å². The highest BCUT2D eigenvalue weighted by atomic mass is 35.5. The van der Waals surface area contributed by atoms with Crippen molar-refractivity contribution in [2.45, 2.75) is 6.92 Å². The number of benzene rings is 2. The van der Waals surface area contributed by atoms with E-state index in [9.17, 15) is 13.2 Å². The molecule has 28 heavy (non-hydrogen) atoms. The van der Waals surface area contributed by atoms with E-state index < -0.39 is 22.5 Å². The van der Waals surface area contributed by atoms with Gasteiger partial charge in [-0.2, -0.15) is 5.10 Å². The number of hydrogen-bond donors (Lipinski definition) is 1. The third kappa shape index (κ3) is 5.85. The summed E-state index contributed by atoms with van der Waals surface area (Å²) in [5, 5.41) is 4.82. The van der Waals surface area contributed by atoms with Crippen LogP contribution in [0.25, 0.3) is 0 Å². The lowest BCUT2D eigenvalue weighted by atomic mass is 10.1. The Hall–Kier alpha value is -2.29. The van der Waals surface area contributed by atoms with Crippen LogP contribution in [-0.4, -0.2) is 39.9 Å². The molecule has 2 rings (SSSR count). The van der Waals surface area contributed by atoms with E-state index in [1.807, 2.05) is 0 Å². The normalized spacial score (nSPS) is 11.8. The van der Waals surface area contributed by atoms with Crippen LogP contribution < -0.4 is 14.5 Å². The van der Waals surface area contributed by atoms with Crippen molar-refractivity contribution in [1.29, 1.82) is 0 Å². The smallest absolute Gasteiger partial charge is 0.260 e. The molecule has 150 valence electrons. The molecule has 0 saturated carbocycles. The van der Waals surface area contributed by atoms with Gasteiger partial charge in [0, 0.05) is 5.02 Å². The second kappa shape index (κ2) is 9.27. The number of amides is 1. The minimum atomic E-state index is -3.73. The Morgan fingerprint density at radius 2 is 1.82 bits per heavy atom. The lowest BCUT2D eigenvalue weighted by Gasteiger charge is -2.22. The predicted octanol–water partition coefficient (Wildman–Crippen LogP) is 3.31. The van der Waals surface area contributed by atoms with Crippen molar-refractivity contribution in [2.24, 2.45) is 5.10 Å². The first-order valence-electron chi connectivity index (χ1n) is 8.02. The Morgan fingerprint density at radius 3 is 2.36 bits per heavy atom. The highest BCUT2D eigenvalue weighted by Gasteiger charge is 2.21. The number of hydrogen-bond acceptors (Lipinski definition) is 5. The third-order valence-corrected chi connectivity index (χ3v) is 5.41. The Labute approximate surface area is 173 Å². The predicted molar refractivity (Wildman–Crippen MR) is 112 cm³/mol. The summed E-state index contributed by atoms with van der Waals surface area (Å²) in [6, 6.07) is 11.4. The fourth-order valence-corrected chi connectivity index (χ4v) is 3.50. The monoisotopic (exact) mass is 443 g/mol. The van der Waals surface area contributed by atoms with Crippen molar-refractivity contribution >= 4 is 50.5 Å². The summed E-state index contributed by atoms with van der Waals surface area (Å²) < 4.78 is 30.3. The average molecular weight is 444 g/mol. The van der Waals surface area contributed by atoms with Crippen molar-refractivity contribution in [3.05, 3.63) is 58.1 Å². The molecule has 2 aromatic carbocycles. The molecule has 0 aliphatic carbocycles. The van der Waals surface area contributed by atoms with E-state index in [1.54, 1.807) is 31.2 Å². The molecule has 1 amide bonds. The molecule has 7 nitrogen and oxygen atoms in total. The van der Waals surface area contributed by atoms with Gasteiger partial charge >= 0.3 is 0 Å². The minimum absolute atomic E-state index is 0.227. The summed E-state index contributed by atoms with van der Waals surface area (Å²) in [6.07, 6.45) is 1.00. The second-order valence-corrected chi connectivity index (χ2v) is 8.58. The van der Waals surface area contributed by atoms with Gasteiger partial charge in [0.2, 0.25) is 10.0 Å². The topological polar surface area (TPSA) is 88.1 Å². The number of hydrazone groups is 1. The summed E-state index contributed by atoms with van der Waals surface area (Å²) in [4.78, 5) is 12.3. The lowest BCUT2D eigenvalue weighted by molar-refractivity contribution is -0.119. The number of nitrogens with zero attached hydrogens (tertiary/aromatic N) is 2. The fraction of sp³-hybridized carbons (Fsp3) is 0.222. The van der Waals surface area contributed by atoms with Crippen molar-refractivity contribution in [1.82, 2.24) is 5.43 Å². The molecule has 0 radical (unpaired) electrons. The van der Waals surface area contributed by atoms with Gasteiger partial charge < -0.3 is 4.74 Å². The Kier molecular flexibility index (Phi) is 7.29. The zero-order valence-corrected chi connectivity index (χ0v) is 17.8. The van der Waals surface area contributed by atoms with Gasteiger partial charge in [-0.1, -0.05) is 35.3 Å². The highest BCUT2D eigenvalue weighted by molar-refractivity contribution is 7.92. The third-order valence-electron chi connectivity index (χ3n) is 3.72. The molecule has 0 aliphatic rings. The van der Waals surface area contributed by atoms with Crippen LogP contribution in [0.3, 0.4) is 0 Å². The van der Waals surface area contributed by atoms with Gasteiger partial charge in [0.15, 0.2) is 0 Å². The van der Waals surface area contributed by atoms with Gasteiger partial charge in [0.1, 0.15) is 12.3 Å². The number of halogens is 2. The number of anilines is 1. The molecule has 0 unspecified atom stereocenters. The molecule has 10 heteroatoms. The van der Waals surface area contributed by atoms with Crippen LogP contribution in [0.15, 0.2) is 47.6 Å². The fourth-order valence-electron chi connectivity index (χ4n) is 2.28. The average Bonchev–Trinajstić information content (AvgIpc) is 2.63. The largest absolute Gasteiger partial charge is 0.495 e. The maximum Gasteiger partial charge on any atom is 0.260 e. The molecule has 0 spiro atoms. The van der Waals surface area contributed by atoms with Crippen molar-refractivity contribution in [3.63, 3.8) is 0 Å². The first-order valence-corrected chi connectivity index (χ1v) is 10.6. The molecule has 2 aromatic rings. The van der Waals surface area contributed by atoms with Gasteiger partial charge in [-0.25, -0.2) is 13.8 Å². The van der Waals surface area contributed by atoms with E-state index >= 15 is 0 Å².